The Morgan fingerprint density at radius 2 is 2.27 bits per heavy atom. The fraction of sp³-hybridized carbons (Fsp3) is 0.500. The van der Waals surface area contributed by atoms with Crippen molar-refractivity contribution >= 4 is 22.0 Å². The van der Waals surface area contributed by atoms with Crippen molar-refractivity contribution in [2.45, 2.75) is 0 Å². The first-order valence-electron chi connectivity index (χ1n) is 4.51. The molecule has 1 aliphatic heterocycles. The molecule has 0 aromatic carbocycles. The van der Waals surface area contributed by atoms with Crippen LogP contribution in [-0.4, -0.2) is 47.2 Å². The van der Waals surface area contributed by atoms with E-state index in [1.165, 1.54) is 0 Å². The number of hydrogen-bond acceptors (Lipinski definition) is 4. The van der Waals surface area contributed by atoms with Gasteiger partial charge in [0.25, 0.3) is 0 Å². The van der Waals surface area contributed by atoms with E-state index in [9.17, 15) is 4.79 Å². The van der Waals surface area contributed by atoms with Gasteiger partial charge in [-0.25, -0.2) is 4.79 Å². The summed E-state index contributed by atoms with van der Waals surface area (Å²) < 4.78 is 5.89. The quantitative estimate of drug-likeness (QED) is 0.750. The lowest BCUT2D eigenvalue weighted by atomic mass is 10.5. The first kappa shape index (κ1) is 10.4. The number of carbonyl (C=O) groups is 1. The van der Waals surface area contributed by atoms with Crippen molar-refractivity contribution in [2.75, 3.05) is 26.3 Å². The molecule has 2 rings (SSSR count). The lowest BCUT2D eigenvalue weighted by molar-refractivity contribution is 0.0197. The summed E-state index contributed by atoms with van der Waals surface area (Å²) in [6.45, 7) is 2.22. The molecule has 0 N–H and O–H groups in total. The highest BCUT2D eigenvalue weighted by Gasteiger charge is 2.19. The number of ether oxygens (including phenoxy) is 1. The van der Waals surface area contributed by atoms with Crippen molar-refractivity contribution in [3.05, 3.63) is 16.9 Å². The van der Waals surface area contributed by atoms with Gasteiger partial charge in [-0.1, -0.05) is 4.85 Å². The summed E-state index contributed by atoms with van der Waals surface area (Å²) in [6, 6.07) is 0. The molecule has 0 bridgehead atoms. The highest BCUT2D eigenvalue weighted by Crippen LogP contribution is 2.05. The fourth-order valence-electron chi connectivity index (χ4n) is 1.22. The topological polar surface area (TPSA) is 56.6 Å². The molecular weight excluding hydrogens is 266 g/mol. The van der Waals surface area contributed by atoms with Gasteiger partial charge in [0.2, 0.25) is 0 Å². The molecule has 1 fully saturated rings. The Hall–Kier alpha value is -1.08. The number of morpholine rings is 1. The van der Waals surface area contributed by atoms with Crippen LogP contribution in [0.1, 0.15) is 0 Å². The summed E-state index contributed by atoms with van der Waals surface area (Å²) in [5, 5.41) is 3.82. The number of hydrogen-bond donors (Lipinski definition) is 0. The van der Waals surface area contributed by atoms with Crippen LogP contribution < -0.4 is 4.84 Å². The number of aromatic nitrogens is 2. The summed E-state index contributed by atoms with van der Waals surface area (Å²) in [4.78, 5) is 19.2. The van der Waals surface area contributed by atoms with Crippen LogP contribution in [0.15, 0.2) is 16.9 Å². The van der Waals surface area contributed by atoms with E-state index < -0.39 is 6.09 Å². The molecule has 1 aliphatic rings. The average Bonchev–Trinajstić information content (AvgIpc) is 2.65. The van der Waals surface area contributed by atoms with Crippen molar-refractivity contribution in [1.82, 2.24) is 14.8 Å². The van der Waals surface area contributed by atoms with E-state index in [0.29, 0.717) is 26.3 Å². The van der Waals surface area contributed by atoms with Crippen LogP contribution in [0.5, 0.6) is 0 Å². The van der Waals surface area contributed by atoms with Gasteiger partial charge < -0.3 is 9.64 Å². The lowest BCUT2D eigenvalue weighted by Crippen LogP contribution is -2.44. The zero-order valence-electron chi connectivity index (χ0n) is 7.93. The number of amides is 1. The van der Waals surface area contributed by atoms with Crippen LogP contribution >= 0.6 is 15.9 Å². The van der Waals surface area contributed by atoms with E-state index in [0.717, 1.165) is 9.32 Å². The summed E-state index contributed by atoms with van der Waals surface area (Å²) in [5.41, 5.74) is 0. The summed E-state index contributed by atoms with van der Waals surface area (Å²) in [7, 11) is 0. The Labute approximate surface area is 94.8 Å². The zero-order valence-corrected chi connectivity index (χ0v) is 9.51. The Balaban J connectivity index is 1.91. The van der Waals surface area contributed by atoms with Gasteiger partial charge in [-0.05, 0) is 15.9 Å². The van der Waals surface area contributed by atoms with E-state index in [4.69, 9.17) is 9.57 Å². The molecule has 1 amide bonds. The van der Waals surface area contributed by atoms with E-state index in [-0.39, 0.29) is 0 Å². The number of carbonyl (C=O) groups excluding carboxylic acids is 1. The monoisotopic (exact) mass is 275 g/mol. The fourth-order valence-corrected chi connectivity index (χ4v) is 1.48. The molecule has 1 aromatic heterocycles. The molecule has 0 aliphatic carbocycles. The second-order valence-electron chi connectivity index (χ2n) is 3.02. The first-order valence-corrected chi connectivity index (χ1v) is 5.30. The van der Waals surface area contributed by atoms with Gasteiger partial charge in [0.1, 0.15) is 0 Å². The molecule has 1 aromatic rings. The molecule has 1 saturated heterocycles. The molecule has 6 nitrogen and oxygen atoms in total. The Morgan fingerprint density at radius 1 is 1.53 bits per heavy atom. The minimum Gasteiger partial charge on any atom is -0.378 e. The van der Waals surface area contributed by atoms with Crippen LogP contribution in [0.25, 0.3) is 0 Å². The Morgan fingerprint density at radius 3 is 2.87 bits per heavy atom. The Kier molecular flexibility index (Phi) is 3.22. The zero-order chi connectivity index (χ0) is 10.7. The van der Waals surface area contributed by atoms with Gasteiger partial charge in [-0.15, -0.1) is 5.10 Å². The minimum atomic E-state index is -0.408. The van der Waals surface area contributed by atoms with Crippen LogP contribution in [0.4, 0.5) is 4.79 Å². The van der Waals surface area contributed by atoms with Crippen molar-refractivity contribution in [2.24, 2.45) is 0 Å². The standard InChI is InChI=1S/C8H10BrN3O3/c9-7-5-10-12(6-7)15-8(13)11-1-3-14-4-2-11/h5-6H,1-4H2. The highest BCUT2D eigenvalue weighted by atomic mass is 79.9. The molecule has 7 heteroatoms. The number of halogens is 1. The van der Waals surface area contributed by atoms with Crippen LogP contribution in [-0.2, 0) is 4.74 Å². The largest absolute Gasteiger partial charge is 0.436 e. The predicted octanol–water partition coefficient (Wildman–Crippen LogP) is 0.526. The van der Waals surface area contributed by atoms with Crippen LogP contribution in [0.2, 0.25) is 0 Å². The van der Waals surface area contributed by atoms with Crippen molar-refractivity contribution in [1.29, 1.82) is 0 Å². The van der Waals surface area contributed by atoms with Crippen molar-refractivity contribution < 1.29 is 14.4 Å². The minimum absolute atomic E-state index is 0.408. The molecule has 2 heterocycles. The molecule has 0 saturated carbocycles. The maximum Gasteiger partial charge on any atom is 0.436 e. The molecule has 0 spiro atoms. The summed E-state index contributed by atoms with van der Waals surface area (Å²) >= 11 is 3.21. The van der Waals surface area contributed by atoms with Gasteiger partial charge in [0.15, 0.2) is 0 Å². The van der Waals surface area contributed by atoms with Crippen molar-refractivity contribution in [3.8, 4) is 0 Å². The third-order valence-electron chi connectivity index (χ3n) is 1.97. The van der Waals surface area contributed by atoms with Crippen LogP contribution in [0.3, 0.4) is 0 Å². The SMILES string of the molecule is O=C(On1cc(Br)cn1)N1CCOCC1. The van der Waals surface area contributed by atoms with Crippen molar-refractivity contribution in [3.63, 3.8) is 0 Å². The van der Waals surface area contributed by atoms with E-state index in [2.05, 4.69) is 21.0 Å². The second kappa shape index (κ2) is 4.63. The number of rotatable bonds is 1. The van der Waals surface area contributed by atoms with Crippen LogP contribution in [0, 0.1) is 0 Å². The molecule has 0 atom stereocenters. The molecule has 15 heavy (non-hydrogen) atoms. The van der Waals surface area contributed by atoms with E-state index in [1.54, 1.807) is 17.3 Å². The average molecular weight is 276 g/mol. The maximum atomic E-state index is 11.5. The third-order valence-corrected chi connectivity index (χ3v) is 2.38. The van der Waals surface area contributed by atoms with Gasteiger partial charge in [0.05, 0.1) is 30.1 Å². The Bertz CT molecular complexity index is 349. The highest BCUT2D eigenvalue weighted by molar-refractivity contribution is 9.10. The van der Waals surface area contributed by atoms with E-state index in [1.807, 2.05) is 0 Å². The third kappa shape index (κ3) is 2.69. The predicted molar refractivity (Wildman–Crippen MR) is 54.3 cm³/mol. The summed E-state index contributed by atoms with van der Waals surface area (Å²) in [6.07, 6.45) is 2.71. The van der Waals surface area contributed by atoms with E-state index >= 15 is 0 Å². The normalized spacial score (nSPS) is 16.5. The molecule has 0 radical (unpaired) electrons. The van der Waals surface area contributed by atoms with Gasteiger partial charge in [-0.2, -0.15) is 0 Å². The molecule has 0 unspecified atom stereocenters. The van der Waals surface area contributed by atoms with Gasteiger partial charge in [-0.3, -0.25) is 4.84 Å². The maximum absolute atomic E-state index is 11.5. The molecule has 82 valence electrons. The first-order chi connectivity index (χ1) is 7.25. The second-order valence-corrected chi connectivity index (χ2v) is 3.93. The number of nitrogens with zero attached hydrogens (tertiary/aromatic N) is 3. The molecular formula is C8H10BrN3O3. The van der Waals surface area contributed by atoms with Gasteiger partial charge in [0, 0.05) is 13.1 Å². The lowest BCUT2D eigenvalue weighted by Gasteiger charge is -2.25. The summed E-state index contributed by atoms with van der Waals surface area (Å²) in [5.74, 6) is 0. The van der Waals surface area contributed by atoms with Gasteiger partial charge >= 0.3 is 6.09 Å². The smallest absolute Gasteiger partial charge is 0.378 e.